The van der Waals surface area contributed by atoms with Crippen LogP contribution >= 0.6 is 11.6 Å². The number of aliphatic carboxylic acids is 1. The van der Waals surface area contributed by atoms with Crippen LogP contribution in [0.1, 0.15) is 25.3 Å². The third kappa shape index (κ3) is 3.23. The lowest BCUT2D eigenvalue weighted by Crippen LogP contribution is -2.42. The molecule has 0 saturated heterocycles. The van der Waals surface area contributed by atoms with Gasteiger partial charge in [0.25, 0.3) is 0 Å². The molecule has 18 heavy (non-hydrogen) atoms. The standard InChI is InChI=1S/C13H16ClNO3/c1-8(10-5-4-6-11(14)7-10)12(16)15(3)9(2)13(17)18/h4-9H,1-3H3,(H,17,18). The molecule has 4 nitrogen and oxygen atoms in total. The van der Waals surface area contributed by atoms with E-state index in [4.69, 9.17) is 16.7 Å². The van der Waals surface area contributed by atoms with Crippen LogP contribution in [0, 0.1) is 0 Å². The van der Waals surface area contributed by atoms with Gasteiger partial charge in [-0.2, -0.15) is 0 Å². The Kier molecular flexibility index (Phi) is 4.73. The molecule has 1 aromatic carbocycles. The molecule has 0 saturated carbocycles. The summed E-state index contributed by atoms with van der Waals surface area (Å²) in [5.74, 6) is -1.69. The summed E-state index contributed by atoms with van der Waals surface area (Å²) in [6.07, 6.45) is 0. The fraction of sp³-hybridized carbons (Fsp3) is 0.385. The summed E-state index contributed by atoms with van der Waals surface area (Å²) in [5, 5.41) is 9.44. The molecule has 1 N–H and O–H groups in total. The van der Waals surface area contributed by atoms with E-state index in [1.54, 1.807) is 31.2 Å². The van der Waals surface area contributed by atoms with Gasteiger partial charge in [-0.25, -0.2) is 4.79 Å². The Labute approximate surface area is 111 Å². The van der Waals surface area contributed by atoms with Crippen LogP contribution in [0.5, 0.6) is 0 Å². The van der Waals surface area contributed by atoms with Gasteiger partial charge in [-0.1, -0.05) is 23.7 Å². The number of carbonyl (C=O) groups is 2. The molecule has 2 unspecified atom stereocenters. The van der Waals surface area contributed by atoms with Crippen LogP contribution in [0.4, 0.5) is 0 Å². The van der Waals surface area contributed by atoms with E-state index in [2.05, 4.69) is 0 Å². The lowest BCUT2D eigenvalue weighted by atomic mass is 9.99. The zero-order valence-electron chi connectivity index (χ0n) is 10.6. The molecule has 0 spiro atoms. The number of carboxylic acid groups (broad SMARTS) is 1. The van der Waals surface area contributed by atoms with Gasteiger partial charge in [0.1, 0.15) is 6.04 Å². The Morgan fingerprint density at radius 1 is 1.33 bits per heavy atom. The molecule has 98 valence electrons. The smallest absolute Gasteiger partial charge is 0.326 e. The fourth-order valence-corrected chi connectivity index (χ4v) is 1.78. The van der Waals surface area contributed by atoms with Crippen LogP contribution in [0.3, 0.4) is 0 Å². The van der Waals surface area contributed by atoms with Crippen molar-refractivity contribution in [3.05, 3.63) is 34.9 Å². The maximum atomic E-state index is 12.1. The van der Waals surface area contributed by atoms with Crippen molar-refractivity contribution in [3.8, 4) is 0 Å². The van der Waals surface area contributed by atoms with Crippen LogP contribution in [-0.2, 0) is 9.59 Å². The Balaban J connectivity index is 2.87. The van der Waals surface area contributed by atoms with E-state index in [0.717, 1.165) is 5.56 Å². The van der Waals surface area contributed by atoms with E-state index in [-0.39, 0.29) is 5.91 Å². The minimum absolute atomic E-state index is 0.243. The molecule has 1 rings (SSSR count). The predicted octanol–water partition coefficient (Wildman–Crippen LogP) is 2.38. The van der Waals surface area contributed by atoms with Crippen molar-refractivity contribution < 1.29 is 14.7 Å². The number of halogens is 1. The first-order valence-electron chi connectivity index (χ1n) is 5.59. The van der Waals surface area contributed by atoms with Gasteiger partial charge in [0.15, 0.2) is 0 Å². The summed E-state index contributed by atoms with van der Waals surface area (Å²) in [4.78, 5) is 24.2. The summed E-state index contributed by atoms with van der Waals surface area (Å²) in [6, 6.07) is 6.16. The lowest BCUT2D eigenvalue weighted by Gasteiger charge is -2.25. The Morgan fingerprint density at radius 3 is 2.44 bits per heavy atom. The van der Waals surface area contributed by atoms with E-state index in [9.17, 15) is 9.59 Å². The highest BCUT2D eigenvalue weighted by Gasteiger charge is 2.26. The molecule has 0 aliphatic rings. The van der Waals surface area contributed by atoms with E-state index in [1.165, 1.54) is 18.9 Å². The number of nitrogens with zero attached hydrogens (tertiary/aromatic N) is 1. The normalized spacial score (nSPS) is 13.8. The van der Waals surface area contributed by atoms with Crippen LogP contribution in [0.2, 0.25) is 5.02 Å². The minimum Gasteiger partial charge on any atom is -0.480 e. The van der Waals surface area contributed by atoms with Gasteiger partial charge >= 0.3 is 5.97 Å². The molecule has 0 aliphatic carbocycles. The van der Waals surface area contributed by atoms with Crippen LogP contribution in [-0.4, -0.2) is 35.0 Å². The van der Waals surface area contributed by atoms with Crippen molar-refractivity contribution >= 4 is 23.5 Å². The van der Waals surface area contributed by atoms with Crippen molar-refractivity contribution in [2.75, 3.05) is 7.05 Å². The molecule has 1 aromatic rings. The Bertz CT molecular complexity index is 461. The first-order valence-corrected chi connectivity index (χ1v) is 5.97. The molecule has 1 amide bonds. The van der Waals surface area contributed by atoms with Crippen LogP contribution < -0.4 is 0 Å². The van der Waals surface area contributed by atoms with Gasteiger partial charge in [-0.15, -0.1) is 0 Å². The number of amides is 1. The van der Waals surface area contributed by atoms with E-state index in [0.29, 0.717) is 5.02 Å². The third-order valence-electron chi connectivity index (χ3n) is 3.01. The zero-order valence-corrected chi connectivity index (χ0v) is 11.3. The lowest BCUT2D eigenvalue weighted by molar-refractivity contribution is -0.148. The van der Waals surface area contributed by atoms with Crippen LogP contribution in [0.15, 0.2) is 24.3 Å². The van der Waals surface area contributed by atoms with E-state index < -0.39 is 17.9 Å². The number of rotatable bonds is 4. The Morgan fingerprint density at radius 2 is 1.94 bits per heavy atom. The number of carbonyl (C=O) groups excluding carboxylic acids is 1. The SMILES string of the molecule is CC(C(=O)N(C)C(C)C(=O)O)c1cccc(Cl)c1. The van der Waals surface area contributed by atoms with Gasteiger partial charge in [0, 0.05) is 12.1 Å². The minimum atomic E-state index is -1.02. The second kappa shape index (κ2) is 5.87. The number of likely N-dealkylation sites (N-methyl/N-ethyl adjacent to an activating group) is 1. The summed E-state index contributed by atoms with van der Waals surface area (Å²) in [6.45, 7) is 3.21. The zero-order chi connectivity index (χ0) is 13.9. The average molecular weight is 270 g/mol. The molecule has 5 heteroatoms. The second-order valence-corrected chi connectivity index (χ2v) is 4.68. The van der Waals surface area contributed by atoms with Gasteiger partial charge in [-0.3, -0.25) is 4.79 Å². The number of carboxylic acids is 1. The third-order valence-corrected chi connectivity index (χ3v) is 3.24. The summed E-state index contributed by atoms with van der Waals surface area (Å²) < 4.78 is 0. The highest BCUT2D eigenvalue weighted by atomic mass is 35.5. The fourth-order valence-electron chi connectivity index (χ4n) is 1.58. The number of hydrogen-bond acceptors (Lipinski definition) is 2. The first-order chi connectivity index (χ1) is 8.34. The molecule has 0 aliphatic heterocycles. The average Bonchev–Trinajstić information content (AvgIpc) is 2.35. The molecule has 0 radical (unpaired) electrons. The summed E-state index contributed by atoms with van der Waals surface area (Å²) in [5.41, 5.74) is 0.775. The Hall–Kier alpha value is -1.55. The topological polar surface area (TPSA) is 57.6 Å². The molecule has 2 atom stereocenters. The van der Waals surface area contributed by atoms with Gasteiger partial charge < -0.3 is 10.0 Å². The molecular weight excluding hydrogens is 254 g/mol. The maximum Gasteiger partial charge on any atom is 0.326 e. The van der Waals surface area contributed by atoms with Crippen molar-refractivity contribution in [1.29, 1.82) is 0 Å². The van der Waals surface area contributed by atoms with Crippen molar-refractivity contribution in [3.63, 3.8) is 0 Å². The van der Waals surface area contributed by atoms with Gasteiger partial charge in [0.05, 0.1) is 5.92 Å². The van der Waals surface area contributed by atoms with Crippen molar-refractivity contribution in [2.45, 2.75) is 25.8 Å². The first kappa shape index (κ1) is 14.5. The number of benzene rings is 1. The largest absolute Gasteiger partial charge is 0.480 e. The van der Waals surface area contributed by atoms with Crippen molar-refractivity contribution in [1.82, 2.24) is 4.90 Å². The second-order valence-electron chi connectivity index (χ2n) is 4.24. The molecular formula is C13H16ClNO3. The molecule has 0 fully saturated rings. The van der Waals surface area contributed by atoms with Crippen molar-refractivity contribution in [2.24, 2.45) is 0 Å². The van der Waals surface area contributed by atoms with Gasteiger partial charge in [0.2, 0.25) is 5.91 Å². The number of hydrogen-bond donors (Lipinski definition) is 1. The van der Waals surface area contributed by atoms with Gasteiger partial charge in [-0.05, 0) is 31.5 Å². The molecule has 0 bridgehead atoms. The monoisotopic (exact) mass is 269 g/mol. The summed E-state index contributed by atoms with van der Waals surface area (Å²) >= 11 is 5.87. The van der Waals surface area contributed by atoms with E-state index >= 15 is 0 Å². The molecule has 0 aromatic heterocycles. The highest BCUT2D eigenvalue weighted by molar-refractivity contribution is 6.30. The quantitative estimate of drug-likeness (QED) is 0.913. The highest BCUT2D eigenvalue weighted by Crippen LogP contribution is 2.21. The predicted molar refractivity (Wildman–Crippen MR) is 69.7 cm³/mol. The summed E-state index contributed by atoms with van der Waals surface area (Å²) in [7, 11) is 1.49. The van der Waals surface area contributed by atoms with Crippen LogP contribution in [0.25, 0.3) is 0 Å². The maximum absolute atomic E-state index is 12.1. The van der Waals surface area contributed by atoms with E-state index in [1.807, 2.05) is 0 Å². The molecule has 0 heterocycles.